The number of nitrogens with two attached hydrogens (primary N) is 1. The zero-order valence-electron chi connectivity index (χ0n) is 12.2. The third-order valence-electron chi connectivity index (χ3n) is 2.40. The highest BCUT2D eigenvalue weighted by atomic mass is 16.2. The van der Waals surface area contributed by atoms with Crippen LogP contribution in [-0.4, -0.2) is 28.4 Å². The van der Waals surface area contributed by atoms with E-state index in [2.05, 4.69) is 21.0 Å². The average Bonchev–Trinajstić information content (AvgIpc) is 2.36. The number of hydrogen-bond donors (Lipinski definition) is 4. The Hall–Kier alpha value is -2.15. The van der Waals surface area contributed by atoms with E-state index in [1.165, 1.54) is 12.3 Å². The lowest BCUT2D eigenvalue weighted by atomic mass is 10.1. The van der Waals surface area contributed by atoms with Crippen LogP contribution in [0, 0.1) is 0 Å². The number of carbonyl (C=O) groups excluding carboxylic acids is 2. The highest BCUT2D eigenvalue weighted by Crippen LogP contribution is 2.06. The minimum absolute atomic E-state index is 0.191. The quantitative estimate of drug-likeness (QED) is 0.471. The molecule has 1 rings (SSSR count). The van der Waals surface area contributed by atoms with Crippen LogP contribution in [0.4, 0.5) is 5.69 Å². The molecule has 20 heavy (non-hydrogen) atoms. The largest absolute Gasteiger partial charge is 0.350 e. The molecule has 110 valence electrons. The Morgan fingerprint density at radius 2 is 2.00 bits per heavy atom. The van der Waals surface area contributed by atoms with Gasteiger partial charge in [0.05, 0.1) is 5.69 Å². The molecule has 0 radical (unpaired) electrons. The predicted molar refractivity (Wildman–Crippen MR) is 76.9 cm³/mol. The van der Waals surface area contributed by atoms with Gasteiger partial charge in [-0.2, -0.15) is 0 Å². The van der Waals surface area contributed by atoms with Crippen LogP contribution in [0.3, 0.4) is 0 Å². The van der Waals surface area contributed by atoms with Crippen molar-refractivity contribution < 1.29 is 9.59 Å². The van der Waals surface area contributed by atoms with E-state index in [1.54, 1.807) is 13.0 Å². The molecule has 1 unspecified atom stereocenters. The number of nitrogen functional groups attached to an aromatic ring is 1. The summed E-state index contributed by atoms with van der Waals surface area (Å²) in [7, 11) is 0. The molecule has 0 saturated carbocycles. The number of rotatable bonds is 4. The minimum atomic E-state index is -0.655. The maximum atomic E-state index is 12.0. The van der Waals surface area contributed by atoms with Crippen LogP contribution in [0.5, 0.6) is 0 Å². The van der Waals surface area contributed by atoms with Gasteiger partial charge in [-0.3, -0.25) is 20.4 Å². The average molecular weight is 279 g/mol. The molecular weight excluding hydrogens is 258 g/mol. The fourth-order valence-corrected chi connectivity index (χ4v) is 1.46. The first-order valence-corrected chi connectivity index (χ1v) is 6.28. The molecule has 1 aromatic rings. The van der Waals surface area contributed by atoms with Crippen LogP contribution in [-0.2, 0) is 4.79 Å². The SMILES string of the molecule is CC(NC(=O)c1cc(NN)ccn1)C(=O)NC(C)(C)C. The third-order valence-corrected chi connectivity index (χ3v) is 2.40. The standard InChI is InChI=1S/C13H21N5O2/c1-8(11(19)17-13(2,3)4)16-12(20)10-7-9(18-14)5-6-15-10/h5-8H,14H2,1-4H3,(H,15,18)(H,16,20)(H,17,19). The molecule has 0 fully saturated rings. The van der Waals surface area contributed by atoms with Crippen LogP contribution >= 0.6 is 0 Å². The molecule has 7 nitrogen and oxygen atoms in total. The fourth-order valence-electron chi connectivity index (χ4n) is 1.46. The van der Waals surface area contributed by atoms with E-state index in [9.17, 15) is 9.59 Å². The highest BCUT2D eigenvalue weighted by Gasteiger charge is 2.21. The Morgan fingerprint density at radius 3 is 2.55 bits per heavy atom. The first kappa shape index (κ1) is 15.9. The molecule has 1 heterocycles. The third kappa shape index (κ3) is 4.85. The van der Waals surface area contributed by atoms with Crippen molar-refractivity contribution in [3.8, 4) is 0 Å². The number of pyridine rings is 1. The maximum absolute atomic E-state index is 12.0. The second kappa shape index (κ2) is 6.33. The normalized spacial score (nSPS) is 12.4. The van der Waals surface area contributed by atoms with E-state index in [-0.39, 0.29) is 17.1 Å². The predicted octanol–water partition coefficient (Wildman–Crippen LogP) is 0.400. The Morgan fingerprint density at radius 1 is 1.35 bits per heavy atom. The van der Waals surface area contributed by atoms with Crippen LogP contribution in [0.1, 0.15) is 38.2 Å². The summed E-state index contributed by atoms with van der Waals surface area (Å²) >= 11 is 0. The lowest BCUT2D eigenvalue weighted by Gasteiger charge is -2.23. The molecule has 1 aromatic heterocycles. The number of aromatic nitrogens is 1. The van der Waals surface area contributed by atoms with E-state index in [4.69, 9.17) is 5.84 Å². The van der Waals surface area contributed by atoms with Crippen molar-refractivity contribution in [2.75, 3.05) is 5.43 Å². The first-order chi connectivity index (χ1) is 9.23. The first-order valence-electron chi connectivity index (χ1n) is 6.28. The summed E-state index contributed by atoms with van der Waals surface area (Å²) in [5.41, 5.74) is 2.84. The van der Waals surface area contributed by atoms with Crippen molar-refractivity contribution >= 4 is 17.5 Å². The zero-order valence-corrected chi connectivity index (χ0v) is 12.2. The Balaban J connectivity index is 2.67. The summed E-state index contributed by atoms with van der Waals surface area (Å²) in [6, 6.07) is 2.48. The van der Waals surface area contributed by atoms with Crippen molar-refractivity contribution in [2.24, 2.45) is 5.84 Å². The van der Waals surface area contributed by atoms with Gasteiger partial charge in [-0.15, -0.1) is 0 Å². The van der Waals surface area contributed by atoms with Gasteiger partial charge in [-0.25, -0.2) is 0 Å². The number of nitrogens with one attached hydrogen (secondary N) is 3. The molecule has 0 aliphatic carbocycles. The van der Waals surface area contributed by atoms with Gasteiger partial charge in [-0.05, 0) is 39.8 Å². The summed E-state index contributed by atoms with van der Waals surface area (Å²) in [6.45, 7) is 7.23. The molecule has 0 saturated heterocycles. The van der Waals surface area contributed by atoms with Gasteiger partial charge in [0.1, 0.15) is 11.7 Å². The van der Waals surface area contributed by atoms with Crippen molar-refractivity contribution in [1.29, 1.82) is 0 Å². The minimum Gasteiger partial charge on any atom is -0.350 e. The van der Waals surface area contributed by atoms with E-state index in [0.717, 1.165) is 0 Å². The van der Waals surface area contributed by atoms with E-state index >= 15 is 0 Å². The van der Waals surface area contributed by atoms with Gasteiger partial charge in [0, 0.05) is 11.7 Å². The summed E-state index contributed by atoms with van der Waals surface area (Å²) < 4.78 is 0. The molecule has 0 aliphatic rings. The smallest absolute Gasteiger partial charge is 0.270 e. The number of nitrogens with zero attached hydrogens (tertiary/aromatic N) is 1. The van der Waals surface area contributed by atoms with Gasteiger partial charge in [0.2, 0.25) is 5.91 Å². The summed E-state index contributed by atoms with van der Waals surface area (Å²) in [6.07, 6.45) is 1.46. The van der Waals surface area contributed by atoms with E-state index in [0.29, 0.717) is 5.69 Å². The highest BCUT2D eigenvalue weighted by molar-refractivity contribution is 5.96. The molecule has 7 heteroatoms. The fraction of sp³-hybridized carbons (Fsp3) is 0.462. The molecule has 5 N–H and O–H groups in total. The summed E-state index contributed by atoms with van der Waals surface area (Å²) in [4.78, 5) is 27.8. The molecule has 2 amide bonds. The summed E-state index contributed by atoms with van der Waals surface area (Å²) in [5, 5.41) is 5.38. The van der Waals surface area contributed by atoms with Gasteiger partial charge < -0.3 is 16.1 Å². The number of hydrogen-bond acceptors (Lipinski definition) is 5. The van der Waals surface area contributed by atoms with Crippen molar-refractivity contribution in [2.45, 2.75) is 39.3 Å². The maximum Gasteiger partial charge on any atom is 0.270 e. The van der Waals surface area contributed by atoms with Crippen LogP contribution in [0.25, 0.3) is 0 Å². The van der Waals surface area contributed by atoms with Gasteiger partial charge in [0.15, 0.2) is 0 Å². The summed E-state index contributed by atoms with van der Waals surface area (Å²) in [5.74, 6) is 4.58. The lowest BCUT2D eigenvalue weighted by molar-refractivity contribution is -0.124. The molecule has 0 aliphatic heterocycles. The van der Waals surface area contributed by atoms with E-state index < -0.39 is 11.9 Å². The van der Waals surface area contributed by atoms with Gasteiger partial charge >= 0.3 is 0 Å². The van der Waals surface area contributed by atoms with Crippen LogP contribution < -0.4 is 21.9 Å². The Bertz CT molecular complexity index is 496. The molecule has 1 atom stereocenters. The van der Waals surface area contributed by atoms with Gasteiger partial charge in [0.25, 0.3) is 5.91 Å². The van der Waals surface area contributed by atoms with E-state index in [1.807, 2.05) is 20.8 Å². The van der Waals surface area contributed by atoms with Crippen LogP contribution in [0.15, 0.2) is 18.3 Å². The zero-order chi connectivity index (χ0) is 15.3. The lowest BCUT2D eigenvalue weighted by Crippen LogP contribution is -2.50. The second-order valence-corrected chi connectivity index (χ2v) is 5.51. The number of anilines is 1. The molecule has 0 spiro atoms. The Kier molecular flexibility index (Phi) is 5.04. The monoisotopic (exact) mass is 279 g/mol. The van der Waals surface area contributed by atoms with Crippen LogP contribution in [0.2, 0.25) is 0 Å². The number of hydrazine groups is 1. The van der Waals surface area contributed by atoms with Crippen molar-refractivity contribution in [1.82, 2.24) is 15.6 Å². The van der Waals surface area contributed by atoms with Gasteiger partial charge in [-0.1, -0.05) is 0 Å². The van der Waals surface area contributed by atoms with Crippen molar-refractivity contribution in [3.05, 3.63) is 24.0 Å². The Labute approximate surface area is 118 Å². The molecule has 0 bridgehead atoms. The van der Waals surface area contributed by atoms with Crippen molar-refractivity contribution in [3.63, 3.8) is 0 Å². The number of amides is 2. The molecule has 0 aromatic carbocycles. The topological polar surface area (TPSA) is 109 Å². The number of carbonyl (C=O) groups is 2. The molecular formula is C13H21N5O2. The second-order valence-electron chi connectivity index (χ2n) is 5.51.